The fraction of sp³-hybridized carbons (Fsp3) is 1.00. The van der Waals surface area contributed by atoms with E-state index in [1.165, 1.54) is 19.3 Å². The van der Waals surface area contributed by atoms with E-state index in [9.17, 15) is 0 Å². The Morgan fingerprint density at radius 1 is 1.25 bits per heavy atom. The van der Waals surface area contributed by atoms with E-state index in [4.69, 9.17) is 9.84 Å². The lowest BCUT2D eigenvalue weighted by atomic mass is 9.98. The number of hydrogen-bond acceptors (Lipinski definition) is 2. The molecule has 0 heterocycles. The molecule has 0 aliphatic heterocycles. The Hall–Kier alpha value is -0.0800. The lowest BCUT2D eigenvalue weighted by Crippen LogP contribution is -2.10. The van der Waals surface area contributed by atoms with Gasteiger partial charge in [0.25, 0.3) is 0 Å². The zero-order valence-corrected chi connectivity index (χ0v) is 8.55. The molecular formula is C10H22O2. The first-order valence-corrected chi connectivity index (χ1v) is 5.00. The Bertz CT molecular complexity index is 91.8. The molecule has 12 heavy (non-hydrogen) atoms. The summed E-state index contributed by atoms with van der Waals surface area (Å²) < 4.78 is 5.08. The van der Waals surface area contributed by atoms with E-state index >= 15 is 0 Å². The minimum Gasteiger partial charge on any atom is -0.368 e. The zero-order chi connectivity index (χ0) is 9.40. The molecule has 0 aromatic rings. The van der Waals surface area contributed by atoms with Crippen LogP contribution in [-0.4, -0.2) is 18.0 Å². The van der Waals surface area contributed by atoms with E-state index in [1.54, 1.807) is 6.92 Å². The third kappa shape index (κ3) is 6.62. The Morgan fingerprint density at radius 3 is 2.33 bits per heavy atom. The number of rotatable bonds is 7. The molecule has 74 valence electrons. The van der Waals surface area contributed by atoms with Crippen molar-refractivity contribution in [3.05, 3.63) is 0 Å². The largest absolute Gasteiger partial charge is 0.368 e. The predicted octanol–water partition coefficient (Wildman–Crippen LogP) is 2.56. The molecule has 1 N–H and O–H groups in total. The van der Waals surface area contributed by atoms with Gasteiger partial charge >= 0.3 is 0 Å². The van der Waals surface area contributed by atoms with Gasteiger partial charge in [-0.3, -0.25) is 0 Å². The number of hydrogen-bond donors (Lipinski definition) is 1. The molecule has 0 aliphatic carbocycles. The summed E-state index contributed by atoms with van der Waals surface area (Å²) in [4.78, 5) is 0. The van der Waals surface area contributed by atoms with Crippen LogP contribution >= 0.6 is 0 Å². The second-order valence-corrected chi connectivity index (χ2v) is 3.32. The first-order valence-electron chi connectivity index (χ1n) is 5.00. The second-order valence-electron chi connectivity index (χ2n) is 3.32. The molecule has 2 unspecified atom stereocenters. The molecule has 0 rings (SSSR count). The Morgan fingerprint density at radius 2 is 1.92 bits per heavy atom. The van der Waals surface area contributed by atoms with Crippen LogP contribution in [0.15, 0.2) is 0 Å². The van der Waals surface area contributed by atoms with Gasteiger partial charge in [-0.1, -0.05) is 33.1 Å². The van der Waals surface area contributed by atoms with Gasteiger partial charge in [-0.05, 0) is 19.3 Å². The van der Waals surface area contributed by atoms with Gasteiger partial charge in [0.1, 0.15) is 0 Å². The molecular weight excluding hydrogens is 152 g/mol. The average Bonchev–Trinajstić information content (AvgIpc) is 2.02. The molecule has 0 aromatic heterocycles. The third-order valence-electron chi connectivity index (χ3n) is 2.16. The van der Waals surface area contributed by atoms with Gasteiger partial charge in [0.05, 0.1) is 0 Å². The minimum atomic E-state index is -0.607. The summed E-state index contributed by atoms with van der Waals surface area (Å²) in [5.41, 5.74) is 0. The van der Waals surface area contributed by atoms with Crippen molar-refractivity contribution < 1.29 is 9.84 Å². The molecule has 0 amide bonds. The predicted molar refractivity (Wildman–Crippen MR) is 50.9 cm³/mol. The molecule has 0 aliphatic rings. The molecule has 0 radical (unpaired) electrons. The van der Waals surface area contributed by atoms with Crippen molar-refractivity contribution >= 4 is 0 Å². The van der Waals surface area contributed by atoms with Crippen molar-refractivity contribution in [2.75, 3.05) is 6.61 Å². The summed E-state index contributed by atoms with van der Waals surface area (Å²) in [7, 11) is 0. The van der Waals surface area contributed by atoms with E-state index in [-0.39, 0.29) is 0 Å². The Balaban J connectivity index is 3.31. The van der Waals surface area contributed by atoms with Crippen LogP contribution in [0, 0.1) is 5.92 Å². The van der Waals surface area contributed by atoms with Gasteiger partial charge in [0, 0.05) is 6.61 Å². The Labute approximate surface area is 75.9 Å². The Kier molecular flexibility index (Phi) is 7.51. The molecule has 2 nitrogen and oxygen atoms in total. The van der Waals surface area contributed by atoms with E-state index in [0.717, 1.165) is 12.3 Å². The highest BCUT2D eigenvalue weighted by Gasteiger charge is 2.05. The van der Waals surface area contributed by atoms with Crippen molar-refractivity contribution in [2.45, 2.75) is 52.7 Å². The molecule has 0 fully saturated rings. The van der Waals surface area contributed by atoms with Crippen molar-refractivity contribution in [3.63, 3.8) is 0 Å². The summed E-state index contributed by atoms with van der Waals surface area (Å²) >= 11 is 0. The monoisotopic (exact) mass is 174 g/mol. The summed E-state index contributed by atoms with van der Waals surface area (Å²) in [6.45, 7) is 6.76. The van der Waals surface area contributed by atoms with Crippen LogP contribution in [0.5, 0.6) is 0 Å². The maximum absolute atomic E-state index is 8.85. The van der Waals surface area contributed by atoms with Crippen LogP contribution in [0.4, 0.5) is 0 Å². The summed E-state index contributed by atoms with van der Waals surface area (Å²) in [6, 6.07) is 0. The first-order chi connectivity index (χ1) is 5.70. The summed E-state index contributed by atoms with van der Waals surface area (Å²) in [6.07, 6.45) is 4.21. The normalized spacial score (nSPS) is 16.0. The summed E-state index contributed by atoms with van der Waals surface area (Å²) in [5.74, 6) is 0.772. The van der Waals surface area contributed by atoms with Crippen LogP contribution in [0.1, 0.15) is 46.5 Å². The van der Waals surface area contributed by atoms with Crippen LogP contribution in [0.3, 0.4) is 0 Å². The van der Waals surface area contributed by atoms with Gasteiger partial charge < -0.3 is 9.84 Å². The van der Waals surface area contributed by atoms with E-state index < -0.39 is 6.29 Å². The average molecular weight is 174 g/mol. The van der Waals surface area contributed by atoms with Crippen molar-refractivity contribution in [1.82, 2.24) is 0 Å². The standard InChI is InChI=1S/C10H22O2/c1-4-6-10(5-2)7-8-12-9(3)11/h9-11H,4-8H2,1-3H3. The van der Waals surface area contributed by atoms with Crippen LogP contribution < -0.4 is 0 Å². The highest BCUT2D eigenvalue weighted by Crippen LogP contribution is 2.14. The van der Waals surface area contributed by atoms with Gasteiger partial charge in [0.2, 0.25) is 0 Å². The second kappa shape index (κ2) is 7.56. The third-order valence-corrected chi connectivity index (χ3v) is 2.16. The maximum Gasteiger partial charge on any atom is 0.151 e. The summed E-state index contributed by atoms with van der Waals surface area (Å²) in [5, 5.41) is 8.85. The van der Waals surface area contributed by atoms with Gasteiger partial charge in [-0.2, -0.15) is 0 Å². The number of aliphatic hydroxyl groups excluding tert-OH is 1. The van der Waals surface area contributed by atoms with Crippen LogP contribution in [0.25, 0.3) is 0 Å². The minimum absolute atomic E-state index is 0.607. The molecule has 2 heteroatoms. The number of ether oxygens (including phenoxy) is 1. The maximum atomic E-state index is 8.85. The van der Waals surface area contributed by atoms with Crippen molar-refractivity contribution in [1.29, 1.82) is 0 Å². The van der Waals surface area contributed by atoms with Crippen molar-refractivity contribution in [3.8, 4) is 0 Å². The quantitative estimate of drug-likeness (QED) is 0.601. The highest BCUT2D eigenvalue weighted by molar-refractivity contribution is 4.55. The van der Waals surface area contributed by atoms with Gasteiger partial charge in [-0.25, -0.2) is 0 Å². The van der Waals surface area contributed by atoms with Gasteiger partial charge in [-0.15, -0.1) is 0 Å². The lowest BCUT2D eigenvalue weighted by Gasteiger charge is -2.14. The smallest absolute Gasteiger partial charge is 0.151 e. The van der Waals surface area contributed by atoms with Gasteiger partial charge in [0.15, 0.2) is 6.29 Å². The molecule has 0 spiro atoms. The fourth-order valence-electron chi connectivity index (χ4n) is 1.37. The first kappa shape index (κ1) is 11.9. The van der Waals surface area contributed by atoms with E-state index in [1.807, 2.05) is 0 Å². The van der Waals surface area contributed by atoms with Crippen LogP contribution in [0.2, 0.25) is 0 Å². The lowest BCUT2D eigenvalue weighted by molar-refractivity contribution is -0.0885. The molecule has 2 atom stereocenters. The fourth-order valence-corrected chi connectivity index (χ4v) is 1.37. The number of aliphatic hydroxyl groups is 1. The van der Waals surface area contributed by atoms with E-state index in [2.05, 4.69) is 13.8 Å². The van der Waals surface area contributed by atoms with Crippen LogP contribution in [-0.2, 0) is 4.74 Å². The topological polar surface area (TPSA) is 29.5 Å². The molecule has 0 saturated heterocycles. The molecule has 0 saturated carbocycles. The van der Waals surface area contributed by atoms with Crippen molar-refractivity contribution in [2.24, 2.45) is 5.92 Å². The van der Waals surface area contributed by atoms with E-state index in [0.29, 0.717) is 6.61 Å². The molecule has 0 bridgehead atoms. The highest BCUT2D eigenvalue weighted by atomic mass is 16.6. The SMILES string of the molecule is CCCC(CC)CCOC(C)O. The zero-order valence-electron chi connectivity index (χ0n) is 8.55. The molecule has 0 aromatic carbocycles.